The lowest BCUT2D eigenvalue weighted by Gasteiger charge is -2.39. The Hall–Kier alpha value is -1.53. The van der Waals surface area contributed by atoms with Crippen LogP contribution in [0, 0.1) is 0 Å². The van der Waals surface area contributed by atoms with Crippen LogP contribution < -0.4 is 5.32 Å². The molecule has 3 rings (SSSR count). The van der Waals surface area contributed by atoms with Crippen LogP contribution in [0.15, 0.2) is 18.2 Å². The third-order valence-electron chi connectivity index (χ3n) is 4.59. The largest absolute Gasteiger partial charge is 0.367 e. The standard InChI is InChI=1S/C17H22F2N2O2/c1-17(16(18)19)11-21(7-8-23-17)10-15(22)20-14-6-5-12-3-2-4-13(12)9-14/h5-6,9,16H,2-4,7-8,10-11H2,1H3,(H,20,22)/t17-/m0/s1. The number of nitrogens with zero attached hydrogens (tertiary/aromatic N) is 1. The first-order chi connectivity index (χ1) is 11.0. The average molecular weight is 324 g/mol. The Labute approximate surface area is 134 Å². The molecule has 6 heteroatoms. The fraction of sp³-hybridized carbons (Fsp3) is 0.588. The van der Waals surface area contributed by atoms with Crippen molar-refractivity contribution in [1.82, 2.24) is 4.90 Å². The second-order valence-electron chi connectivity index (χ2n) is 6.56. The number of halogens is 2. The molecular formula is C17H22F2N2O2. The van der Waals surface area contributed by atoms with E-state index in [1.807, 2.05) is 12.1 Å². The zero-order valence-corrected chi connectivity index (χ0v) is 13.3. The number of rotatable bonds is 4. The van der Waals surface area contributed by atoms with Gasteiger partial charge in [-0.25, -0.2) is 8.78 Å². The number of fused-ring (bicyclic) bond motifs is 1. The molecule has 0 radical (unpaired) electrons. The van der Waals surface area contributed by atoms with E-state index in [0.29, 0.717) is 6.54 Å². The predicted molar refractivity (Wildman–Crippen MR) is 83.9 cm³/mol. The van der Waals surface area contributed by atoms with Crippen LogP contribution in [0.5, 0.6) is 0 Å². The van der Waals surface area contributed by atoms with Gasteiger partial charge < -0.3 is 10.1 Å². The van der Waals surface area contributed by atoms with Crippen LogP contribution in [0.3, 0.4) is 0 Å². The number of amides is 1. The van der Waals surface area contributed by atoms with Crippen LogP contribution >= 0.6 is 0 Å². The Kier molecular flexibility index (Phi) is 4.64. The predicted octanol–water partition coefficient (Wildman–Crippen LogP) is 2.47. The second-order valence-corrected chi connectivity index (χ2v) is 6.56. The van der Waals surface area contributed by atoms with Gasteiger partial charge in [-0.3, -0.25) is 9.69 Å². The summed E-state index contributed by atoms with van der Waals surface area (Å²) in [5, 5.41) is 2.87. The van der Waals surface area contributed by atoms with Gasteiger partial charge >= 0.3 is 0 Å². The van der Waals surface area contributed by atoms with Gasteiger partial charge in [-0.05, 0) is 49.4 Å². The Morgan fingerprint density at radius 3 is 2.96 bits per heavy atom. The molecule has 1 N–H and O–H groups in total. The molecular weight excluding hydrogens is 302 g/mol. The number of carbonyl (C=O) groups excluding carboxylic acids is 1. The molecule has 1 heterocycles. The van der Waals surface area contributed by atoms with Gasteiger partial charge in [0.05, 0.1) is 13.2 Å². The van der Waals surface area contributed by atoms with Crippen LogP contribution in [0.4, 0.5) is 14.5 Å². The van der Waals surface area contributed by atoms with Crippen LogP contribution in [0.2, 0.25) is 0 Å². The molecule has 0 aromatic heterocycles. The maximum Gasteiger partial charge on any atom is 0.268 e. The van der Waals surface area contributed by atoms with E-state index in [9.17, 15) is 13.6 Å². The van der Waals surface area contributed by atoms with E-state index in [1.165, 1.54) is 18.1 Å². The number of anilines is 1. The number of hydrogen-bond donors (Lipinski definition) is 1. The molecule has 1 aliphatic carbocycles. The molecule has 4 nitrogen and oxygen atoms in total. The summed E-state index contributed by atoms with van der Waals surface area (Å²) in [5.74, 6) is -0.179. The first-order valence-electron chi connectivity index (χ1n) is 8.02. The summed E-state index contributed by atoms with van der Waals surface area (Å²) in [6, 6.07) is 5.98. The summed E-state index contributed by atoms with van der Waals surface area (Å²) in [6.45, 7) is 2.25. The lowest BCUT2D eigenvalue weighted by molar-refractivity contribution is -0.170. The van der Waals surface area contributed by atoms with Gasteiger partial charge in [-0.1, -0.05) is 6.07 Å². The zero-order valence-electron chi connectivity index (χ0n) is 13.3. The highest BCUT2D eigenvalue weighted by molar-refractivity contribution is 5.92. The van der Waals surface area contributed by atoms with Crippen molar-refractivity contribution in [3.05, 3.63) is 29.3 Å². The van der Waals surface area contributed by atoms with Crippen molar-refractivity contribution in [2.45, 2.75) is 38.2 Å². The fourth-order valence-corrected chi connectivity index (χ4v) is 3.30. The van der Waals surface area contributed by atoms with Crippen LogP contribution in [-0.2, 0) is 22.4 Å². The van der Waals surface area contributed by atoms with Crippen molar-refractivity contribution < 1.29 is 18.3 Å². The van der Waals surface area contributed by atoms with Crippen molar-refractivity contribution in [2.75, 3.05) is 31.6 Å². The Morgan fingerprint density at radius 1 is 1.39 bits per heavy atom. The monoisotopic (exact) mass is 324 g/mol. The van der Waals surface area contributed by atoms with Gasteiger partial charge in [0.25, 0.3) is 6.43 Å². The molecule has 1 aromatic rings. The number of nitrogens with one attached hydrogen (secondary N) is 1. The number of ether oxygens (including phenoxy) is 1. The van der Waals surface area contributed by atoms with Gasteiger partial charge in [0.15, 0.2) is 0 Å². The van der Waals surface area contributed by atoms with E-state index in [-0.39, 0.29) is 25.6 Å². The molecule has 1 atom stereocenters. The summed E-state index contributed by atoms with van der Waals surface area (Å²) in [5.41, 5.74) is 1.93. The molecule has 1 fully saturated rings. The SMILES string of the molecule is C[C@@]1(C(F)F)CN(CC(=O)Nc2ccc3c(c2)CCC3)CCO1. The van der Waals surface area contributed by atoms with E-state index in [2.05, 4.69) is 11.4 Å². The maximum absolute atomic E-state index is 13.0. The molecule has 0 spiro atoms. The highest BCUT2D eigenvalue weighted by Gasteiger charge is 2.40. The summed E-state index contributed by atoms with van der Waals surface area (Å²) in [4.78, 5) is 13.9. The maximum atomic E-state index is 13.0. The summed E-state index contributed by atoms with van der Waals surface area (Å²) < 4.78 is 31.3. The summed E-state index contributed by atoms with van der Waals surface area (Å²) in [7, 11) is 0. The lowest BCUT2D eigenvalue weighted by atomic mass is 10.1. The van der Waals surface area contributed by atoms with Crippen molar-refractivity contribution in [1.29, 1.82) is 0 Å². The molecule has 23 heavy (non-hydrogen) atoms. The molecule has 0 bridgehead atoms. The number of morpholine rings is 1. The van der Waals surface area contributed by atoms with Gasteiger partial charge in [-0.2, -0.15) is 0 Å². The average Bonchev–Trinajstić information content (AvgIpc) is 2.94. The normalized spacial score (nSPS) is 24.7. The van der Waals surface area contributed by atoms with Gasteiger partial charge in [0.1, 0.15) is 5.60 Å². The third-order valence-corrected chi connectivity index (χ3v) is 4.59. The van der Waals surface area contributed by atoms with Gasteiger partial charge in [-0.15, -0.1) is 0 Å². The van der Waals surface area contributed by atoms with Crippen molar-refractivity contribution in [3.63, 3.8) is 0 Å². The first-order valence-corrected chi connectivity index (χ1v) is 8.02. The van der Waals surface area contributed by atoms with E-state index >= 15 is 0 Å². The van der Waals surface area contributed by atoms with Crippen LogP contribution in [-0.4, -0.2) is 49.1 Å². The van der Waals surface area contributed by atoms with Crippen LogP contribution in [0.1, 0.15) is 24.5 Å². The second kappa shape index (κ2) is 6.53. The molecule has 126 valence electrons. The third kappa shape index (κ3) is 3.70. The Balaban J connectivity index is 1.57. The fourth-order valence-electron chi connectivity index (χ4n) is 3.30. The molecule has 1 aromatic carbocycles. The molecule has 2 aliphatic rings. The van der Waals surface area contributed by atoms with Crippen molar-refractivity contribution in [3.8, 4) is 0 Å². The van der Waals surface area contributed by atoms with E-state index < -0.39 is 12.0 Å². The lowest BCUT2D eigenvalue weighted by Crippen LogP contribution is -2.55. The number of carbonyl (C=O) groups is 1. The highest BCUT2D eigenvalue weighted by Crippen LogP contribution is 2.26. The number of hydrogen-bond acceptors (Lipinski definition) is 3. The summed E-state index contributed by atoms with van der Waals surface area (Å²) >= 11 is 0. The van der Waals surface area contributed by atoms with E-state index in [0.717, 1.165) is 24.9 Å². The number of alkyl halides is 2. The minimum absolute atomic E-state index is 0.0578. The first kappa shape index (κ1) is 16.3. The van der Waals surface area contributed by atoms with Crippen molar-refractivity contribution >= 4 is 11.6 Å². The smallest absolute Gasteiger partial charge is 0.268 e. The number of aryl methyl sites for hydroxylation is 2. The highest BCUT2D eigenvalue weighted by atomic mass is 19.3. The topological polar surface area (TPSA) is 41.6 Å². The van der Waals surface area contributed by atoms with E-state index in [4.69, 9.17) is 4.74 Å². The van der Waals surface area contributed by atoms with E-state index in [1.54, 1.807) is 4.90 Å². The minimum atomic E-state index is -2.56. The Morgan fingerprint density at radius 2 is 2.17 bits per heavy atom. The Bertz CT molecular complexity index is 594. The molecule has 1 aliphatic heterocycles. The molecule has 1 saturated heterocycles. The number of benzene rings is 1. The zero-order chi connectivity index (χ0) is 16.4. The van der Waals surface area contributed by atoms with Crippen LogP contribution in [0.25, 0.3) is 0 Å². The molecule has 0 saturated carbocycles. The van der Waals surface area contributed by atoms with Gasteiger partial charge in [0.2, 0.25) is 5.91 Å². The van der Waals surface area contributed by atoms with Crippen molar-refractivity contribution in [2.24, 2.45) is 0 Å². The van der Waals surface area contributed by atoms with Gasteiger partial charge in [0, 0.05) is 18.8 Å². The minimum Gasteiger partial charge on any atom is -0.367 e. The summed E-state index contributed by atoms with van der Waals surface area (Å²) in [6.07, 6.45) is 0.746. The molecule has 1 amide bonds. The quantitative estimate of drug-likeness (QED) is 0.925. The molecule has 0 unspecified atom stereocenters.